The van der Waals surface area contributed by atoms with E-state index in [1.54, 1.807) is 0 Å². The molecule has 0 spiro atoms. The molecular weight excluding hydrogens is 229 g/mol. The quantitative estimate of drug-likeness (QED) is 0.699. The summed E-state index contributed by atoms with van der Waals surface area (Å²) < 4.78 is 8.33. The van der Waals surface area contributed by atoms with Gasteiger partial charge in [-0.2, -0.15) is 4.67 Å². The average molecular weight is 260 g/mol. The molecule has 0 aliphatic carbocycles. The molecule has 0 aromatic carbocycles. The van der Waals surface area contributed by atoms with Crippen LogP contribution in [-0.2, 0) is 4.74 Å². The molecule has 1 aliphatic heterocycles. The van der Waals surface area contributed by atoms with Crippen LogP contribution in [0.25, 0.3) is 0 Å². The van der Waals surface area contributed by atoms with Gasteiger partial charge in [0.1, 0.15) is 0 Å². The predicted molar refractivity (Wildman–Crippen MR) is 79.4 cm³/mol. The number of ether oxygens (including phenoxy) is 1. The first kappa shape index (κ1) is 15.4. The summed E-state index contributed by atoms with van der Waals surface area (Å²) in [6.45, 7) is 21.1. The third-order valence-corrected chi connectivity index (χ3v) is 10.9. The smallest absolute Gasteiger partial charge is 0.0932 e. The van der Waals surface area contributed by atoms with Gasteiger partial charge >= 0.3 is 0 Å². The largest absolute Gasteiger partial charge is 0.379 e. The number of nitrogens with zero attached hydrogens (tertiary/aromatic N) is 1. The SMILES string of the molecule is CC[P+](N1CCOCC1)(C(C)(C)C)C(C)(C)C. The molecule has 0 N–H and O–H groups in total. The van der Waals surface area contributed by atoms with Crippen molar-refractivity contribution in [3.05, 3.63) is 0 Å². The Kier molecular flexibility index (Phi) is 4.67. The van der Waals surface area contributed by atoms with E-state index in [0.717, 1.165) is 26.3 Å². The van der Waals surface area contributed by atoms with Crippen LogP contribution in [0, 0.1) is 0 Å². The molecule has 3 heteroatoms. The van der Waals surface area contributed by atoms with Crippen LogP contribution >= 0.6 is 7.41 Å². The molecule has 2 nitrogen and oxygen atoms in total. The average Bonchev–Trinajstić information content (AvgIpc) is 2.16. The Morgan fingerprint density at radius 1 is 0.941 bits per heavy atom. The van der Waals surface area contributed by atoms with Crippen LogP contribution in [0.15, 0.2) is 0 Å². The predicted octanol–water partition coefficient (Wildman–Crippen LogP) is 3.87. The molecule has 1 fully saturated rings. The fraction of sp³-hybridized carbons (Fsp3) is 1.00. The monoisotopic (exact) mass is 260 g/mol. The van der Waals surface area contributed by atoms with E-state index >= 15 is 0 Å². The minimum Gasteiger partial charge on any atom is -0.379 e. The van der Waals surface area contributed by atoms with Crippen molar-refractivity contribution in [1.29, 1.82) is 0 Å². The second-order valence-electron chi connectivity index (χ2n) is 6.99. The van der Waals surface area contributed by atoms with Gasteiger partial charge in [-0.15, -0.1) is 0 Å². The normalized spacial score (nSPS) is 20.6. The minimum absolute atomic E-state index is 0.386. The highest BCUT2D eigenvalue weighted by molar-refractivity contribution is 7.76. The number of morpholine rings is 1. The molecule has 1 heterocycles. The van der Waals surface area contributed by atoms with Gasteiger partial charge in [0.2, 0.25) is 0 Å². The third kappa shape index (κ3) is 2.69. The van der Waals surface area contributed by atoms with Crippen molar-refractivity contribution >= 4 is 7.41 Å². The highest BCUT2D eigenvalue weighted by Crippen LogP contribution is 2.78. The zero-order valence-corrected chi connectivity index (χ0v) is 13.7. The Labute approximate surface area is 108 Å². The van der Waals surface area contributed by atoms with Gasteiger partial charge in [-0.25, -0.2) is 0 Å². The van der Waals surface area contributed by atoms with Gasteiger partial charge in [0.05, 0.1) is 50.2 Å². The minimum atomic E-state index is -1.17. The zero-order valence-electron chi connectivity index (χ0n) is 12.8. The van der Waals surface area contributed by atoms with Crippen LogP contribution in [0.1, 0.15) is 48.5 Å². The first-order valence-corrected chi connectivity index (χ1v) is 8.81. The van der Waals surface area contributed by atoms with Crippen LogP contribution in [0.4, 0.5) is 0 Å². The molecule has 0 saturated carbocycles. The van der Waals surface area contributed by atoms with E-state index in [2.05, 4.69) is 53.1 Å². The van der Waals surface area contributed by atoms with E-state index in [4.69, 9.17) is 4.74 Å². The summed E-state index contributed by atoms with van der Waals surface area (Å²) in [5.74, 6) is 0. The van der Waals surface area contributed by atoms with Crippen LogP contribution < -0.4 is 0 Å². The van der Waals surface area contributed by atoms with Crippen molar-refractivity contribution in [3.63, 3.8) is 0 Å². The van der Waals surface area contributed by atoms with Gasteiger partial charge in [-0.3, -0.25) is 0 Å². The topological polar surface area (TPSA) is 12.5 Å². The first-order valence-electron chi connectivity index (χ1n) is 6.88. The maximum absolute atomic E-state index is 5.54. The van der Waals surface area contributed by atoms with E-state index in [9.17, 15) is 0 Å². The highest BCUT2D eigenvalue weighted by Gasteiger charge is 2.60. The van der Waals surface area contributed by atoms with Crippen LogP contribution in [0.2, 0.25) is 0 Å². The van der Waals surface area contributed by atoms with Gasteiger partial charge in [0, 0.05) is 0 Å². The fourth-order valence-electron chi connectivity index (χ4n) is 3.90. The van der Waals surface area contributed by atoms with Crippen LogP contribution in [0.5, 0.6) is 0 Å². The molecule has 0 radical (unpaired) electrons. The second-order valence-corrected chi connectivity index (χ2v) is 12.4. The van der Waals surface area contributed by atoms with Gasteiger partial charge in [0.25, 0.3) is 0 Å². The summed E-state index contributed by atoms with van der Waals surface area (Å²) in [7, 11) is -1.17. The van der Waals surface area contributed by atoms with Crippen LogP contribution in [-0.4, -0.2) is 47.4 Å². The van der Waals surface area contributed by atoms with E-state index in [1.807, 2.05) is 0 Å². The lowest BCUT2D eigenvalue weighted by atomic mass is 10.2. The molecule has 0 bridgehead atoms. The zero-order chi connectivity index (χ0) is 13.3. The van der Waals surface area contributed by atoms with Crippen molar-refractivity contribution in [2.75, 3.05) is 32.5 Å². The molecule has 1 rings (SSSR count). The Morgan fingerprint density at radius 2 is 1.35 bits per heavy atom. The summed E-state index contributed by atoms with van der Waals surface area (Å²) in [5, 5.41) is 0.772. The van der Waals surface area contributed by atoms with Gasteiger partial charge < -0.3 is 4.74 Å². The van der Waals surface area contributed by atoms with Gasteiger partial charge in [0.15, 0.2) is 0 Å². The summed E-state index contributed by atoms with van der Waals surface area (Å²) in [4.78, 5) is 0. The Bertz CT molecular complexity index is 232. The van der Waals surface area contributed by atoms with Crippen molar-refractivity contribution in [2.24, 2.45) is 0 Å². The Hall–Kier alpha value is 0.350. The second kappa shape index (κ2) is 5.15. The third-order valence-electron chi connectivity index (χ3n) is 4.15. The van der Waals surface area contributed by atoms with E-state index in [1.165, 1.54) is 6.16 Å². The molecule has 17 heavy (non-hydrogen) atoms. The molecule has 0 unspecified atom stereocenters. The maximum Gasteiger partial charge on any atom is 0.0932 e. The molecule has 1 aliphatic rings. The molecule has 0 aromatic heterocycles. The van der Waals surface area contributed by atoms with E-state index in [-0.39, 0.29) is 0 Å². The summed E-state index contributed by atoms with van der Waals surface area (Å²) in [5.41, 5.74) is 0. The van der Waals surface area contributed by atoms with Crippen molar-refractivity contribution in [3.8, 4) is 0 Å². The van der Waals surface area contributed by atoms with E-state index < -0.39 is 7.41 Å². The van der Waals surface area contributed by atoms with Crippen molar-refractivity contribution < 1.29 is 4.74 Å². The maximum atomic E-state index is 5.54. The number of hydrogen-bond acceptors (Lipinski definition) is 2. The summed E-state index contributed by atoms with van der Waals surface area (Å²) >= 11 is 0. The first-order chi connectivity index (χ1) is 7.67. The molecule has 0 amide bonds. The van der Waals surface area contributed by atoms with Gasteiger partial charge in [-0.05, 0) is 48.5 Å². The van der Waals surface area contributed by atoms with Gasteiger partial charge in [-0.1, -0.05) is 0 Å². The molecule has 0 aromatic rings. The molecule has 1 saturated heterocycles. The Balaban J connectivity index is 3.16. The van der Waals surface area contributed by atoms with E-state index in [0.29, 0.717) is 10.3 Å². The lowest BCUT2D eigenvalue weighted by molar-refractivity contribution is 0.0715. The lowest BCUT2D eigenvalue weighted by Crippen LogP contribution is -2.49. The molecule has 0 atom stereocenters. The number of hydrogen-bond donors (Lipinski definition) is 0. The molecular formula is C14H31NOP+. The number of rotatable bonds is 2. The van der Waals surface area contributed by atoms with Crippen molar-refractivity contribution in [2.45, 2.75) is 58.8 Å². The standard InChI is InChI=1S/C14H31NOP/c1-8-17(13(2,3)4,14(5,6)7)15-9-11-16-12-10-15/h8-12H2,1-7H3/q+1. The summed E-state index contributed by atoms with van der Waals surface area (Å²) in [6, 6.07) is 0. The lowest BCUT2D eigenvalue weighted by Gasteiger charge is -2.52. The fourth-order valence-corrected chi connectivity index (χ4v) is 10.8. The molecule has 102 valence electrons. The van der Waals surface area contributed by atoms with Crippen LogP contribution in [0.3, 0.4) is 0 Å². The highest BCUT2D eigenvalue weighted by atomic mass is 31.2. The van der Waals surface area contributed by atoms with Crippen molar-refractivity contribution in [1.82, 2.24) is 4.67 Å². The summed E-state index contributed by atoms with van der Waals surface area (Å²) in [6.07, 6.45) is 1.31. The Morgan fingerprint density at radius 3 is 1.65 bits per heavy atom.